The highest BCUT2D eigenvalue weighted by Gasteiger charge is 2.57. The summed E-state index contributed by atoms with van der Waals surface area (Å²) >= 11 is 0. The molecule has 4 heteroatoms. The molecule has 3 fully saturated rings. The Morgan fingerprint density at radius 2 is 1.89 bits per heavy atom. The van der Waals surface area contributed by atoms with Gasteiger partial charge in [-0.15, -0.1) is 0 Å². The van der Waals surface area contributed by atoms with Crippen molar-refractivity contribution in [2.75, 3.05) is 26.9 Å². The SMILES string of the molecule is CO[C@@H]1C[C@@H]2CC3(C[C@@H]2[C@H]1CO)OCC(C)(C)CO3. The lowest BCUT2D eigenvalue weighted by Gasteiger charge is -2.42. The minimum Gasteiger partial charge on any atom is -0.396 e. The summed E-state index contributed by atoms with van der Waals surface area (Å²) in [6.07, 6.45) is 3.12. The van der Waals surface area contributed by atoms with Gasteiger partial charge >= 0.3 is 0 Å². The average Bonchev–Trinajstić information content (AvgIpc) is 2.87. The number of hydrogen-bond donors (Lipinski definition) is 1. The first-order valence-corrected chi connectivity index (χ1v) is 7.40. The van der Waals surface area contributed by atoms with Gasteiger partial charge in [0.2, 0.25) is 0 Å². The lowest BCUT2D eigenvalue weighted by Crippen LogP contribution is -2.46. The van der Waals surface area contributed by atoms with E-state index in [9.17, 15) is 5.11 Å². The summed E-state index contributed by atoms with van der Waals surface area (Å²) in [5.74, 6) is 0.924. The van der Waals surface area contributed by atoms with Crippen LogP contribution in [0.15, 0.2) is 0 Å². The zero-order valence-corrected chi connectivity index (χ0v) is 12.2. The van der Waals surface area contributed by atoms with Crippen molar-refractivity contribution in [1.82, 2.24) is 0 Å². The van der Waals surface area contributed by atoms with Crippen LogP contribution in [0.2, 0.25) is 0 Å². The molecule has 110 valence electrons. The molecule has 2 saturated carbocycles. The van der Waals surface area contributed by atoms with Crippen molar-refractivity contribution in [3.05, 3.63) is 0 Å². The highest BCUT2D eigenvalue weighted by Crippen LogP contribution is 2.55. The van der Waals surface area contributed by atoms with E-state index in [1.807, 2.05) is 0 Å². The van der Waals surface area contributed by atoms with Crippen molar-refractivity contribution in [2.45, 2.75) is 45.0 Å². The summed E-state index contributed by atoms with van der Waals surface area (Å²) in [4.78, 5) is 0. The van der Waals surface area contributed by atoms with E-state index < -0.39 is 0 Å². The van der Waals surface area contributed by atoms with Crippen molar-refractivity contribution in [2.24, 2.45) is 23.2 Å². The molecule has 3 rings (SSSR count). The van der Waals surface area contributed by atoms with Gasteiger partial charge in [0.1, 0.15) is 0 Å². The predicted molar refractivity (Wildman–Crippen MR) is 70.6 cm³/mol. The molecule has 4 atom stereocenters. The lowest BCUT2D eigenvalue weighted by atomic mass is 9.91. The van der Waals surface area contributed by atoms with Crippen LogP contribution in [0.4, 0.5) is 0 Å². The van der Waals surface area contributed by atoms with Crippen LogP contribution in [0, 0.1) is 23.2 Å². The van der Waals surface area contributed by atoms with E-state index >= 15 is 0 Å². The molecule has 0 aromatic carbocycles. The number of ether oxygens (including phenoxy) is 3. The number of hydrogen-bond acceptors (Lipinski definition) is 4. The highest BCUT2D eigenvalue weighted by atomic mass is 16.7. The second-order valence-electron chi connectivity index (χ2n) is 7.34. The molecule has 1 heterocycles. The number of aliphatic hydroxyl groups is 1. The molecule has 1 saturated heterocycles. The first-order chi connectivity index (χ1) is 8.99. The van der Waals surface area contributed by atoms with Gasteiger partial charge in [0.25, 0.3) is 0 Å². The summed E-state index contributed by atoms with van der Waals surface area (Å²) in [6, 6.07) is 0. The zero-order valence-electron chi connectivity index (χ0n) is 12.2. The van der Waals surface area contributed by atoms with E-state index in [-0.39, 0.29) is 29.8 Å². The summed E-state index contributed by atoms with van der Waals surface area (Å²) in [6.45, 7) is 6.09. The Bertz CT molecular complexity index is 331. The molecular weight excluding hydrogens is 244 g/mol. The number of methoxy groups -OCH3 is 1. The van der Waals surface area contributed by atoms with Crippen molar-refractivity contribution in [3.63, 3.8) is 0 Å². The number of fused-ring (bicyclic) bond motifs is 1. The summed E-state index contributed by atoms with van der Waals surface area (Å²) in [7, 11) is 1.75. The van der Waals surface area contributed by atoms with Gasteiger partial charge in [0, 0.05) is 37.9 Å². The lowest BCUT2D eigenvalue weighted by molar-refractivity contribution is -0.298. The highest BCUT2D eigenvalue weighted by molar-refractivity contribution is 5.02. The quantitative estimate of drug-likeness (QED) is 0.831. The minimum atomic E-state index is -0.378. The maximum absolute atomic E-state index is 9.62. The van der Waals surface area contributed by atoms with Crippen LogP contribution in [0.25, 0.3) is 0 Å². The van der Waals surface area contributed by atoms with E-state index in [1.165, 1.54) is 0 Å². The molecule has 0 unspecified atom stereocenters. The molecule has 4 nitrogen and oxygen atoms in total. The van der Waals surface area contributed by atoms with Crippen LogP contribution < -0.4 is 0 Å². The normalized spacial score (nSPS) is 43.6. The molecule has 19 heavy (non-hydrogen) atoms. The molecular formula is C15H26O4. The summed E-state index contributed by atoms with van der Waals surface area (Å²) in [5, 5.41) is 9.62. The van der Waals surface area contributed by atoms with Crippen LogP contribution >= 0.6 is 0 Å². The second kappa shape index (κ2) is 4.69. The molecule has 1 spiro atoms. The van der Waals surface area contributed by atoms with Crippen molar-refractivity contribution < 1.29 is 19.3 Å². The van der Waals surface area contributed by atoms with Gasteiger partial charge in [-0.1, -0.05) is 13.8 Å². The largest absolute Gasteiger partial charge is 0.396 e. The zero-order chi connectivity index (χ0) is 13.7. The van der Waals surface area contributed by atoms with Gasteiger partial charge < -0.3 is 19.3 Å². The molecule has 1 aliphatic heterocycles. The van der Waals surface area contributed by atoms with Crippen molar-refractivity contribution >= 4 is 0 Å². The number of aliphatic hydroxyl groups excluding tert-OH is 1. The molecule has 3 aliphatic rings. The molecule has 0 aromatic heterocycles. The fourth-order valence-corrected chi connectivity index (χ4v) is 4.16. The van der Waals surface area contributed by atoms with Crippen LogP contribution in [-0.4, -0.2) is 43.9 Å². The summed E-state index contributed by atoms with van der Waals surface area (Å²) in [5.41, 5.74) is 0.119. The van der Waals surface area contributed by atoms with Gasteiger partial charge in [0.05, 0.1) is 19.3 Å². The van der Waals surface area contributed by atoms with E-state index in [0.717, 1.165) is 32.5 Å². The fourth-order valence-electron chi connectivity index (χ4n) is 4.16. The molecule has 1 N–H and O–H groups in total. The molecule has 0 bridgehead atoms. The van der Waals surface area contributed by atoms with Crippen LogP contribution in [0.3, 0.4) is 0 Å². The maximum Gasteiger partial charge on any atom is 0.168 e. The van der Waals surface area contributed by atoms with Gasteiger partial charge in [-0.3, -0.25) is 0 Å². The monoisotopic (exact) mass is 270 g/mol. The first kappa shape index (κ1) is 13.8. The number of rotatable bonds is 2. The Kier molecular flexibility index (Phi) is 3.41. The average molecular weight is 270 g/mol. The third-order valence-electron chi connectivity index (χ3n) is 5.25. The van der Waals surface area contributed by atoms with Crippen molar-refractivity contribution in [1.29, 1.82) is 0 Å². The van der Waals surface area contributed by atoms with Gasteiger partial charge in [0.15, 0.2) is 5.79 Å². The summed E-state index contributed by atoms with van der Waals surface area (Å²) < 4.78 is 17.7. The Morgan fingerprint density at radius 3 is 2.47 bits per heavy atom. The van der Waals surface area contributed by atoms with E-state index in [1.54, 1.807) is 7.11 Å². The van der Waals surface area contributed by atoms with Crippen LogP contribution in [0.1, 0.15) is 33.1 Å². The Balaban J connectivity index is 1.69. The maximum atomic E-state index is 9.62. The van der Waals surface area contributed by atoms with Crippen molar-refractivity contribution in [3.8, 4) is 0 Å². The Morgan fingerprint density at radius 1 is 1.21 bits per heavy atom. The third kappa shape index (κ3) is 2.33. The van der Waals surface area contributed by atoms with Crippen LogP contribution in [-0.2, 0) is 14.2 Å². The van der Waals surface area contributed by atoms with E-state index in [4.69, 9.17) is 14.2 Å². The third-order valence-corrected chi connectivity index (χ3v) is 5.25. The second-order valence-corrected chi connectivity index (χ2v) is 7.34. The predicted octanol–water partition coefficient (Wildman–Crippen LogP) is 1.81. The standard InChI is InChI=1S/C15H26O4/c1-14(2)8-18-15(19-9-14)5-10-4-13(17-3)12(7-16)11(10)6-15/h10-13,16H,4-9H2,1-3H3/t10-,11+,12-,13-/m1/s1. The Labute approximate surface area is 115 Å². The topological polar surface area (TPSA) is 47.9 Å². The molecule has 2 aliphatic carbocycles. The van der Waals surface area contributed by atoms with Gasteiger partial charge in [-0.05, 0) is 18.3 Å². The van der Waals surface area contributed by atoms with Gasteiger partial charge in [-0.2, -0.15) is 0 Å². The van der Waals surface area contributed by atoms with Crippen LogP contribution in [0.5, 0.6) is 0 Å². The smallest absolute Gasteiger partial charge is 0.168 e. The molecule has 0 aromatic rings. The molecule has 0 amide bonds. The fraction of sp³-hybridized carbons (Fsp3) is 1.00. The first-order valence-electron chi connectivity index (χ1n) is 7.40. The van der Waals surface area contributed by atoms with Gasteiger partial charge in [-0.25, -0.2) is 0 Å². The van der Waals surface area contributed by atoms with E-state index in [2.05, 4.69) is 13.8 Å². The molecule has 0 radical (unpaired) electrons. The minimum absolute atomic E-state index is 0.119. The Hall–Kier alpha value is -0.160. The van der Waals surface area contributed by atoms with E-state index in [0.29, 0.717) is 11.8 Å².